The Morgan fingerprint density at radius 1 is 1.32 bits per heavy atom. The fraction of sp³-hybridized carbons (Fsp3) is 0.238. The molecule has 1 amide bonds. The summed E-state index contributed by atoms with van der Waals surface area (Å²) in [6, 6.07) is 8.69. The molecule has 1 heterocycles. The molecular formula is C21H18F2N2O2S. The number of halogens is 2. The molecule has 4 nitrogen and oxygen atoms in total. The highest BCUT2D eigenvalue weighted by Gasteiger charge is 2.14. The molecule has 0 radical (unpaired) electrons. The monoisotopic (exact) mass is 400 g/mol. The smallest absolute Gasteiger partial charge is 0.279 e. The second-order valence-corrected chi connectivity index (χ2v) is 7.07. The third-order valence-electron chi connectivity index (χ3n) is 3.99. The van der Waals surface area contributed by atoms with Gasteiger partial charge in [0.1, 0.15) is 11.6 Å². The number of ether oxygens (including phenoxy) is 1. The highest BCUT2D eigenvalue weighted by Crippen LogP contribution is 2.22. The van der Waals surface area contributed by atoms with Gasteiger partial charge in [0.15, 0.2) is 10.6 Å². The van der Waals surface area contributed by atoms with Crippen molar-refractivity contribution in [2.75, 3.05) is 6.61 Å². The summed E-state index contributed by atoms with van der Waals surface area (Å²) in [6.45, 7) is 2.64. The summed E-state index contributed by atoms with van der Waals surface area (Å²) in [7, 11) is 0. The zero-order valence-corrected chi connectivity index (χ0v) is 16.1. The van der Waals surface area contributed by atoms with Crippen molar-refractivity contribution in [1.29, 1.82) is 0 Å². The first-order valence-corrected chi connectivity index (χ1v) is 9.59. The van der Waals surface area contributed by atoms with Crippen LogP contribution in [0.15, 0.2) is 41.4 Å². The van der Waals surface area contributed by atoms with Gasteiger partial charge in [0.25, 0.3) is 5.91 Å². The van der Waals surface area contributed by atoms with Crippen molar-refractivity contribution in [2.45, 2.75) is 26.3 Å². The highest BCUT2D eigenvalue weighted by molar-refractivity contribution is 7.16. The number of rotatable bonds is 6. The molecule has 0 bridgehead atoms. The van der Waals surface area contributed by atoms with E-state index in [-0.39, 0.29) is 16.9 Å². The Labute approximate surface area is 165 Å². The lowest BCUT2D eigenvalue weighted by Crippen LogP contribution is -2.17. The molecule has 2 aromatic carbocycles. The maximum Gasteiger partial charge on any atom is 0.279 e. The van der Waals surface area contributed by atoms with Gasteiger partial charge in [-0.1, -0.05) is 36.7 Å². The zero-order valence-electron chi connectivity index (χ0n) is 15.2. The van der Waals surface area contributed by atoms with Crippen molar-refractivity contribution >= 4 is 27.5 Å². The standard InChI is InChI=1S/C21H18F2N2O2S/c1-3-5-10-27-16-8-6-7-14(11-16)20(26)24-21-25(9-4-2)19-17(23)12-15(22)13-18(19)28-21/h2,6-8,11-13H,3,5,9-10H2,1H3. The molecule has 0 spiro atoms. The maximum atomic E-state index is 14.2. The number of aromatic nitrogens is 1. The normalized spacial score (nSPS) is 11.6. The van der Waals surface area contributed by atoms with Gasteiger partial charge in [0, 0.05) is 11.6 Å². The van der Waals surface area contributed by atoms with Crippen molar-refractivity contribution in [3.8, 4) is 18.1 Å². The van der Waals surface area contributed by atoms with Crippen molar-refractivity contribution in [3.63, 3.8) is 0 Å². The van der Waals surface area contributed by atoms with Crippen molar-refractivity contribution in [3.05, 3.63) is 58.4 Å². The molecule has 0 aliphatic rings. The van der Waals surface area contributed by atoms with E-state index in [2.05, 4.69) is 17.8 Å². The minimum absolute atomic E-state index is 0.00876. The number of unbranched alkanes of at least 4 members (excludes halogenated alkanes) is 1. The molecule has 0 aliphatic heterocycles. The van der Waals surface area contributed by atoms with Crippen LogP contribution in [-0.2, 0) is 6.54 Å². The maximum absolute atomic E-state index is 14.2. The molecule has 0 saturated heterocycles. The van der Waals surface area contributed by atoms with Crippen molar-refractivity contribution in [2.24, 2.45) is 4.99 Å². The summed E-state index contributed by atoms with van der Waals surface area (Å²) in [5, 5.41) is 0. The summed E-state index contributed by atoms with van der Waals surface area (Å²) in [5.74, 6) is 1.03. The average Bonchev–Trinajstić information content (AvgIpc) is 2.99. The molecule has 0 aliphatic carbocycles. The number of fused-ring (bicyclic) bond motifs is 1. The Hall–Kier alpha value is -2.98. The molecule has 144 valence electrons. The van der Waals surface area contributed by atoms with E-state index in [0.29, 0.717) is 22.6 Å². The van der Waals surface area contributed by atoms with Crippen LogP contribution in [0.2, 0.25) is 0 Å². The number of carbonyl (C=O) groups is 1. The predicted octanol–water partition coefficient (Wildman–Crippen LogP) is 4.53. The van der Waals surface area contributed by atoms with E-state index in [1.807, 2.05) is 0 Å². The predicted molar refractivity (Wildman–Crippen MR) is 105 cm³/mol. The fourth-order valence-corrected chi connectivity index (χ4v) is 3.72. The van der Waals surface area contributed by atoms with Crippen molar-refractivity contribution in [1.82, 2.24) is 4.57 Å². The molecule has 3 rings (SSSR count). The van der Waals surface area contributed by atoms with E-state index >= 15 is 0 Å². The number of hydrogen-bond donors (Lipinski definition) is 0. The van der Waals surface area contributed by atoms with E-state index in [1.165, 1.54) is 10.6 Å². The van der Waals surface area contributed by atoms with Crippen LogP contribution in [0, 0.1) is 24.0 Å². The van der Waals surface area contributed by atoms with Crippen LogP contribution in [0.1, 0.15) is 30.1 Å². The van der Waals surface area contributed by atoms with Gasteiger partial charge in [-0.15, -0.1) is 6.42 Å². The van der Waals surface area contributed by atoms with Gasteiger partial charge in [0.2, 0.25) is 0 Å². The Morgan fingerprint density at radius 2 is 2.14 bits per heavy atom. The van der Waals surface area contributed by atoms with Gasteiger partial charge >= 0.3 is 0 Å². The van der Waals surface area contributed by atoms with E-state index in [9.17, 15) is 13.6 Å². The number of benzene rings is 2. The zero-order chi connectivity index (χ0) is 20.1. The summed E-state index contributed by atoms with van der Waals surface area (Å²) < 4.78 is 35.1. The van der Waals surface area contributed by atoms with E-state index in [4.69, 9.17) is 11.2 Å². The molecular weight excluding hydrogens is 382 g/mol. The Kier molecular flexibility index (Phi) is 6.22. The topological polar surface area (TPSA) is 43.6 Å². The van der Waals surface area contributed by atoms with Gasteiger partial charge in [-0.25, -0.2) is 8.78 Å². The van der Waals surface area contributed by atoms with Crippen LogP contribution in [0.3, 0.4) is 0 Å². The Bertz CT molecular complexity index is 1130. The van der Waals surface area contributed by atoms with Crippen LogP contribution < -0.4 is 9.54 Å². The lowest BCUT2D eigenvalue weighted by atomic mass is 10.2. The van der Waals surface area contributed by atoms with E-state index < -0.39 is 17.5 Å². The Balaban J connectivity index is 2.01. The first-order chi connectivity index (χ1) is 13.5. The van der Waals surface area contributed by atoms with Crippen LogP contribution in [0.5, 0.6) is 5.75 Å². The van der Waals surface area contributed by atoms with Gasteiger partial charge in [-0.05, 0) is 30.7 Å². The van der Waals surface area contributed by atoms with Gasteiger partial charge in [-0.3, -0.25) is 4.79 Å². The number of carbonyl (C=O) groups excluding carboxylic acids is 1. The highest BCUT2D eigenvalue weighted by atomic mass is 32.1. The largest absolute Gasteiger partial charge is 0.494 e. The van der Waals surface area contributed by atoms with E-state index in [1.54, 1.807) is 24.3 Å². The number of nitrogens with zero attached hydrogens (tertiary/aromatic N) is 2. The van der Waals surface area contributed by atoms with Gasteiger partial charge in [0.05, 0.1) is 23.4 Å². The molecule has 0 atom stereocenters. The van der Waals surface area contributed by atoms with Crippen LogP contribution >= 0.6 is 11.3 Å². The molecule has 1 aromatic heterocycles. The second kappa shape index (κ2) is 8.81. The van der Waals surface area contributed by atoms with Crippen LogP contribution in [0.25, 0.3) is 10.2 Å². The SMILES string of the molecule is C#CCn1c(=NC(=O)c2cccc(OCCCC)c2)sc2cc(F)cc(F)c21. The number of terminal acetylenes is 1. The molecule has 7 heteroatoms. The summed E-state index contributed by atoms with van der Waals surface area (Å²) in [5.41, 5.74) is 0.470. The average molecular weight is 400 g/mol. The van der Waals surface area contributed by atoms with Crippen LogP contribution in [0.4, 0.5) is 8.78 Å². The van der Waals surface area contributed by atoms with Gasteiger partial charge < -0.3 is 9.30 Å². The molecule has 28 heavy (non-hydrogen) atoms. The summed E-state index contributed by atoms with van der Waals surface area (Å²) in [4.78, 5) is 16.9. The molecule has 0 unspecified atom stereocenters. The number of thiazole rings is 1. The first kappa shape index (κ1) is 19.8. The molecule has 0 saturated carbocycles. The lowest BCUT2D eigenvalue weighted by molar-refractivity contribution is 0.0997. The third-order valence-corrected chi connectivity index (χ3v) is 5.01. The quantitative estimate of drug-likeness (QED) is 0.451. The summed E-state index contributed by atoms with van der Waals surface area (Å²) in [6.07, 6.45) is 7.29. The number of amides is 1. The van der Waals surface area contributed by atoms with E-state index in [0.717, 1.165) is 30.2 Å². The fourth-order valence-electron chi connectivity index (χ4n) is 2.66. The van der Waals surface area contributed by atoms with Gasteiger partial charge in [-0.2, -0.15) is 4.99 Å². The second-order valence-electron chi connectivity index (χ2n) is 6.06. The molecule has 0 fully saturated rings. The van der Waals surface area contributed by atoms with Crippen molar-refractivity contribution < 1.29 is 18.3 Å². The molecule has 3 aromatic rings. The minimum atomic E-state index is -0.748. The third kappa shape index (κ3) is 4.29. The number of hydrogen-bond acceptors (Lipinski definition) is 3. The van der Waals surface area contributed by atoms with Crippen LogP contribution in [-0.4, -0.2) is 17.1 Å². The summed E-state index contributed by atoms with van der Waals surface area (Å²) >= 11 is 1.00. The minimum Gasteiger partial charge on any atom is -0.494 e. The lowest BCUT2D eigenvalue weighted by Gasteiger charge is -2.06. The molecule has 0 N–H and O–H groups in total. The Morgan fingerprint density at radius 3 is 2.89 bits per heavy atom. The first-order valence-electron chi connectivity index (χ1n) is 8.77.